The van der Waals surface area contributed by atoms with Crippen LogP contribution in [0, 0.1) is 0 Å². The topological polar surface area (TPSA) is 95.1 Å². The summed E-state index contributed by atoms with van der Waals surface area (Å²) in [7, 11) is -4.63. The van der Waals surface area contributed by atoms with Gasteiger partial charge >= 0.3 is 0 Å². The minimum absolute atomic E-state index is 0.0211. The van der Waals surface area contributed by atoms with Gasteiger partial charge in [-0.15, -0.1) is 0 Å². The fraction of sp³-hybridized carbons (Fsp3) is 0.944. The third kappa shape index (κ3) is 5.25. The van der Waals surface area contributed by atoms with Crippen LogP contribution in [-0.4, -0.2) is 99.4 Å². The van der Waals surface area contributed by atoms with E-state index in [1.165, 1.54) is 10.6 Å². The molecule has 3 rings (SSSR count). The van der Waals surface area contributed by atoms with Gasteiger partial charge in [0.15, 0.2) is 9.84 Å². The zero-order valence-electron chi connectivity index (χ0n) is 16.9. The van der Waals surface area contributed by atoms with Crippen LogP contribution < -0.4 is 0 Å². The molecule has 1 unspecified atom stereocenters. The number of nitrogens with zero attached hydrogens (tertiary/aromatic N) is 3. The predicted molar refractivity (Wildman–Crippen MR) is 108 cm³/mol. The smallest absolute Gasteiger partial charge is 0.237 e. The van der Waals surface area contributed by atoms with E-state index in [1.807, 2.05) is 4.90 Å². The second-order valence-electron chi connectivity index (χ2n) is 8.58. The van der Waals surface area contributed by atoms with Gasteiger partial charge in [0.05, 0.1) is 24.3 Å². The Bertz CT molecular complexity index is 769. The quantitative estimate of drug-likeness (QED) is 0.596. The maximum absolute atomic E-state index is 13.2. The van der Waals surface area contributed by atoms with Crippen molar-refractivity contribution in [3.05, 3.63) is 0 Å². The summed E-state index contributed by atoms with van der Waals surface area (Å²) >= 11 is 0. The van der Waals surface area contributed by atoms with Crippen molar-refractivity contribution < 1.29 is 21.6 Å². The average Bonchev–Trinajstić information content (AvgIpc) is 3.24. The van der Waals surface area contributed by atoms with Crippen molar-refractivity contribution in [2.75, 3.05) is 44.4 Å². The van der Waals surface area contributed by atoms with Crippen LogP contribution in [0.2, 0.25) is 0 Å². The van der Waals surface area contributed by atoms with E-state index in [4.69, 9.17) is 0 Å². The zero-order valence-corrected chi connectivity index (χ0v) is 18.5. The Labute approximate surface area is 169 Å². The summed E-state index contributed by atoms with van der Waals surface area (Å²) in [5, 5.41) is 0. The number of sulfonamides is 1. The first-order chi connectivity index (χ1) is 13.1. The molecule has 1 atom stereocenters. The standard InChI is InChI=1S/C18H33N3O5S2/c1-19(27(2,23)24)15-7-10-20(11-8-15)13-18(22)21(16-5-3-4-6-16)17-9-12-28(25,26)14-17/h15-17H,3-14H2,1-2H3. The largest absolute Gasteiger partial charge is 0.335 e. The Morgan fingerprint density at radius 1 is 1.00 bits per heavy atom. The lowest BCUT2D eigenvalue weighted by molar-refractivity contribution is -0.137. The van der Waals surface area contributed by atoms with Crippen molar-refractivity contribution in [3.8, 4) is 0 Å². The van der Waals surface area contributed by atoms with Gasteiger partial charge in [-0.2, -0.15) is 0 Å². The van der Waals surface area contributed by atoms with Crippen LogP contribution in [0.15, 0.2) is 0 Å². The molecule has 2 saturated heterocycles. The first-order valence-corrected chi connectivity index (χ1v) is 13.9. The molecule has 3 aliphatic rings. The van der Waals surface area contributed by atoms with E-state index in [9.17, 15) is 21.6 Å². The van der Waals surface area contributed by atoms with Gasteiger partial charge in [-0.25, -0.2) is 21.1 Å². The fourth-order valence-corrected chi connectivity index (χ4v) is 7.33. The number of piperidine rings is 1. The molecule has 0 N–H and O–H groups in total. The first-order valence-electron chi connectivity index (χ1n) is 10.2. The summed E-state index contributed by atoms with van der Waals surface area (Å²) in [4.78, 5) is 17.1. The van der Waals surface area contributed by atoms with E-state index in [0.717, 1.165) is 25.7 Å². The van der Waals surface area contributed by atoms with Gasteiger partial charge in [0.2, 0.25) is 15.9 Å². The molecule has 0 spiro atoms. The van der Waals surface area contributed by atoms with E-state index in [1.54, 1.807) is 7.05 Å². The third-order valence-corrected chi connectivity index (χ3v) is 9.66. The van der Waals surface area contributed by atoms with Crippen molar-refractivity contribution in [1.29, 1.82) is 0 Å². The number of hydrogen-bond acceptors (Lipinski definition) is 6. The van der Waals surface area contributed by atoms with Gasteiger partial charge in [0.1, 0.15) is 0 Å². The van der Waals surface area contributed by atoms with Crippen molar-refractivity contribution >= 4 is 25.8 Å². The van der Waals surface area contributed by atoms with Crippen molar-refractivity contribution in [3.63, 3.8) is 0 Å². The fourth-order valence-electron chi connectivity index (χ4n) is 4.87. The SMILES string of the molecule is CN(C1CCN(CC(=O)N(C2CCCC2)C2CCS(=O)(=O)C2)CC1)S(C)(=O)=O. The molecule has 1 amide bonds. The Balaban J connectivity index is 1.60. The zero-order chi connectivity index (χ0) is 20.5. The van der Waals surface area contributed by atoms with E-state index < -0.39 is 19.9 Å². The molecule has 0 aromatic heterocycles. The maximum Gasteiger partial charge on any atom is 0.237 e. The molecule has 8 nitrogen and oxygen atoms in total. The Morgan fingerprint density at radius 3 is 2.11 bits per heavy atom. The lowest BCUT2D eigenvalue weighted by Gasteiger charge is -2.38. The molecule has 1 saturated carbocycles. The number of likely N-dealkylation sites (tertiary alicyclic amines) is 1. The van der Waals surface area contributed by atoms with Gasteiger partial charge in [0, 0.05) is 38.3 Å². The molecule has 2 heterocycles. The number of sulfone groups is 1. The van der Waals surface area contributed by atoms with Crippen molar-refractivity contribution in [1.82, 2.24) is 14.1 Å². The van der Waals surface area contributed by atoms with Crippen LogP contribution in [0.4, 0.5) is 0 Å². The van der Waals surface area contributed by atoms with E-state index >= 15 is 0 Å². The number of amides is 1. The molecule has 0 aromatic carbocycles. The lowest BCUT2D eigenvalue weighted by Crippen LogP contribution is -2.52. The molecule has 3 fully saturated rings. The number of rotatable bonds is 6. The average molecular weight is 436 g/mol. The van der Waals surface area contributed by atoms with Crippen LogP contribution in [0.1, 0.15) is 44.9 Å². The Hall–Kier alpha value is -0.710. The number of carbonyl (C=O) groups is 1. The van der Waals surface area contributed by atoms with Crippen LogP contribution >= 0.6 is 0 Å². The summed E-state index contributed by atoms with van der Waals surface area (Å²) in [6.45, 7) is 1.65. The number of carbonyl (C=O) groups excluding carboxylic acids is 1. The molecular weight excluding hydrogens is 402 g/mol. The molecule has 0 radical (unpaired) electrons. The van der Waals surface area contributed by atoms with Gasteiger partial charge in [-0.3, -0.25) is 9.69 Å². The highest BCUT2D eigenvalue weighted by Crippen LogP contribution is 2.29. The molecule has 1 aliphatic carbocycles. The third-order valence-electron chi connectivity index (χ3n) is 6.56. The molecule has 2 aliphatic heterocycles. The Morgan fingerprint density at radius 2 is 1.61 bits per heavy atom. The van der Waals surface area contributed by atoms with Crippen LogP contribution in [-0.2, 0) is 24.7 Å². The van der Waals surface area contributed by atoms with Crippen molar-refractivity contribution in [2.24, 2.45) is 0 Å². The van der Waals surface area contributed by atoms with Crippen molar-refractivity contribution in [2.45, 2.75) is 63.1 Å². The predicted octanol–water partition coefficient (Wildman–Crippen LogP) is 0.301. The maximum atomic E-state index is 13.2. The minimum Gasteiger partial charge on any atom is -0.335 e. The second-order valence-corrected chi connectivity index (χ2v) is 12.9. The van der Waals surface area contributed by atoms with Gasteiger partial charge in [-0.05, 0) is 32.1 Å². The van der Waals surface area contributed by atoms with E-state index in [-0.39, 0.29) is 35.5 Å². The van der Waals surface area contributed by atoms with Crippen LogP contribution in [0.25, 0.3) is 0 Å². The highest BCUT2D eigenvalue weighted by atomic mass is 32.2. The minimum atomic E-state index is -3.21. The summed E-state index contributed by atoms with van der Waals surface area (Å²) in [5.74, 6) is 0.303. The second kappa shape index (κ2) is 8.57. The molecule has 28 heavy (non-hydrogen) atoms. The Kier molecular flexibility index (Phi) is 6.73. The monoisotopic (exact) mass is 435 g/mol. The van der Waals surface area contributed by atoms with Gasteiger partial charge in [0.25, 0.3) is 0 Å². The number of hydrogen-bond donors (Lipinski definition) is 0. The molecule has 10 heteroatoms. The van der Waals surface area contributed by atoms with E-state index in [0.29, 0.717) is 38.9 Å². The van der Waals surface area contributed by atoms with E-state index in [2.05, 4.69) is 4.90 Å². The lowest BCUT2D eigenvalue weighted by atomic mass is 10.0. The summed E-state index contributed by atoms with van der Waals surface area (Å²) in [6, 6.07) is -0.0403. The summed E-state index contributed by atoms with van der Waals surface area (Å²) in [5.41, 5.74) is 0. The summed E-state index contributed by atoms with van der Waals surface area (Å²) < 4.78 is 48.8. The molecule has 0 bridgehead atoms. The van der Waals surface area contributed by atoms with Gasteiger partial charge in [-0.1, -0.05) is 12.8 Å². The molecule has 162 valence electrons. The van der Waals surface area contributed by atoms with Gasteiger partial charge < -0.3 is 4.90 Å². The molecule has 0 aromatic rings. The van der Waals surface area contributed by atoms with Crippen LogP contribution in [0.5, 0.6) is 0 Å². The van der Waals surface area contributed by atoms with Crippen LogP contribution in [0.3, 0.4) is 0 Å². The highest BCUT2D eigenvalue weighted by molar-refractivity contribution is 7.91. The normalized spacial score (nSPS) is 27.5. The molecular formula is C18H33N3O5S2. The first kappa shape index (κ1) is 22.0. The summed E-state index contributed by atoms with van der Waals surface area (Å²) in [6.07, 6.45) is 7.29. The highest BCUT2D eigenvalue weighted by Gasteiger charge is 2.39.